The van der Waals surface area contributed by atoms with Gasteiger partial charge >= 0.3 is 6.18 Å². The van der Waals surface area contributed by atoms with Gasteiger partial charge in [-0.05, 0) is 55.5 Å². The van der Waals surface area contributed by atoms with Crippen LogP contribution in [0.2, 0.25) is 0 Å². The monoisotopic (exact) mass is 575 g/mol. The van der Waals surface area contributed by atoms with Gasteiger partial charge in [-0.2, -0.15) is 13.2 Å². The van der Waals surface area contributed by atoms with Gasteiger partial charge in [-0.1, -0.05) is 11.3 Å². The number of fused-ring (bicyclic) bond motifs is 2. The zero-order valence-electron chi connectivity index (χ0n) is 20.7. The number of hydrogen-bond acceptors (Lipinski definition) is 8. The molecule has 6 N–H and O–H groups in total. The molecule has 4 aromatic rings. The van der Waals surface area contributed by atoms with Crippen molar-refractivity contribution in [2.24, 2.45) is 5.73 Å². The van der Waals surface area contributed by atoms with Crippen LogP contribution in [0.3, 0.4) is 0 Å². The van der Waals surface area contributed by atoms with Gasteiger partial charge in [-0.15, -0.1) is 0 Å². The van der Waals surface area contributed by atoms with Crippen molar-refractivity contribution in [1.82, 2.24) is 15.3 Å². The number of carbonyl (C=O) groups excluding carboxylic acids is 2. The fraction of sp³-hybridized carbons (Fsp3) is 0.231. The molecule has 9 nitrogen and oxygen atoms in total. The maximum absolute atomic E-state index is 14.5. The number of carbonyl (C=O) groups is 2. The average Bonchev–Trinajstić information content (AvgIpc) is 3.45. The van der Waals surface area contributed by atoms with Crippen LogP contribution in [0, 0.1) is 5.82 Å². The third-order valence-electron chi connectivity index (χ3n) is 6.80. The van der Waals surface area contributed by atoms with Crippen molar-refractivity contribution >= 4 is 38.5 Å². The number of pyridine rings is 1. The summed E-state index contributed by atoms with van der Waals surface area (Å²) in [6.45, 7) is -0.222. The van der Waals surface area contributed by atoms with Crippen molar-refractivity contribution in [1.29, 1.82) is 0 Å². The second-order valence-electron chi connectivity index (χ2n) is 9.50. The number of alkyl halides is 3. The highest BCUT2D eigenvalue weighted by atomic mass is 32.1. The summed E-state index contributed by atoms with van der Waals surface area (Å²) in [6.07, 6.45) is -5.33. The Kier molecular flexibility index (Phi) is 6.42. The van der Waals surface area contributed by atoms with Gasteiger partial charge in [0.15, 0.2) is 5.13 Å². The predicted octanol–water partition coefficient (Wildman–Crippen LogP) is 3.39. The van der Waals surface area contributed by atoms with Crippen LogP contribution < -0.4 is 21.5 Å². The number of nitrogen functional groups attached to an aromatic ring is 1. The summed E-state index contributed by atoms with van der Waals surface area (Å²) in [5.74, 6) is -2.41. The number of rotatable bonds is 6. The Morgan fingerprint density at radius 3 is 2.50 bits per heavy atom. The fourth-order valence-corrected chi connectivity index (χ4v) is 5.11. The topological polar surface area (TPSA) is 153 Å². The third-order valence-corrected chi connectivity index (χ3v) is 7.65. The molecule has 0 radical (unpaired) electrons. The molecule has 2 amide bonds. The number of aromatic nitrogens is 2. The van der Waals surface area contributed by atoms with Gasteiger partial charge in [0, 0.05) is 16.7 Å². The van der Waals surface area contributed by atoms with E-state index in [0.717, 1.165) is 29.5 Å². The van der Waals surface area contributed by atoms with E-state index in [1.165, 1.54) is 37.3 Å². The second kappa shape index (κ2) is 9.41. The van der Waals surface area contributed by atoms with Gasteiger partial charge < -0.3 is 26.6 Å². The van der Waals surface area contributed by atoms with E-state index in [-0.39, 0.29) is 39.9 Å². The normalized spacial score (nSPS) is 18.1. The Morgan fingerprint density at radius 1 is 1.15 bits per heavy atom. The molecule has 208 valence electrons. The highest BCUT2D eigenvalue weighted by Crippen LogP contribution is 2.47. The summed E-state index contributed by atoms with van der Waals surface area (Å²) >= 11 is 1.10. The summed E-state index contributed by atoms with van der Waals surface area (Å²) in [5, 5.41) is 13.5. The average molecular weight is 576 g/mol. The lowest BCUT2D eigenvalue weighted by molar-refractivity contribution is -0.265. The van der Waals surface area contributed by atoms with Crippen LogP contribution in [-0.4, -0.2) is 46.2 Å². The zero-order chi connectivity index (χ0) is 29.0. The molecule has 0 bridgehead atoms. The SMILES string of the molecule is C[C@]1(C(N)=O)COc2c1cc(C(O)(CNC(=O)c1ccc3nc(N)sc3c1)C(F)(F)F)nc2-c1ccc(F)cc1. The minimum absolute atomic E-state index is 0.0179. The van der Waals surface area contributed by atoms with Crippen molar-refractivity contribution < 1.29 is 37.0 Å². The van der Waals surface area contributed by atoms with Crippen LogP contribution >= 0.6 is 11.3 Å². The minimum atomic E-state index is -5.33. The summed E-state index contributed by atoms with van der Waals surface area (Å²) in [4.78, 5) is 33.3. The summed E-state index contributed by atoms with van der Waals surface area (Å²) in [5.41, 5.74) is 5.56. The fourth-order valence-electron chi connectivity index (χ4n) is 4.33. The third kappa shape index (κ3) is 4.48. The van der Waals surface area contributed by atoms with Crippen LogP contribution in [0.25, 0.3) is 21.5 Å². The van der Waals surface area contributed by atoms with Crippen LogP contribution in [0.5, 0.6) is 5.75 Å². The number of thiazole rings is 1. The summed E-state index contributed by atoms with van der Waals surface area (Å²) in [6, 6.07) is 9.84. The highest BCUT2D eigenvalue weighted by Gasteiger charge is 2.57. The van der Waals surface area contributed by atoms with Crippen molar-refractivity contribution in [3.63, 3.8) is 0 Å². The highest BCUT2D eigenvalue weighted by molar-refractivity contribution is 7.22. The molecular weight excluding hydrogens is 554 g/mol. The van der Waals surface area contributed by atoms with Crippen molar-refractivity contribution in [2.45, 2.75) is 24.1 Å². The Balaban J connectivity index is 1.58. The largest absolute Gasteiger partial charge is 0.489 e. The Labute approximate surface area is 227 Å². The smallest absolute Gasteiger partial charge is 0.424 e. The van der Waals surface area contributed by atoms with Gasteiger partial charge in [0.05, 0.1) is 22.5 Å². The number of aliphatic hydroxyl groups is 1. The lowest BCUT2D eigenvalue weighted by atomic mass is 9.81. The number of nitrogens with two attached hydrogens (primary N) is 2. The molecule has 1 unspecified atom stereocenters. The quantitative estimate of drug-likeness (QED) is 0.257. The Hall–Kier alpha value is -4.30. The molecule has 2 atom stereocenters. The van der Waals surface area contributed by atoms with E-state index in [9.17, 15) is 32.3 Å². The maximum atomic E-state index is 14.5. The first-order valence-electron chi connectivity index (χ1n) is 11.7. The molecule has 1 aliphatic rings. The first kappa shape index (κ1) is 27.3. The molecule has 1 aliphatic heterocycles. The molecular formula is C26H21F4N5O4S. The minimum Gasteiger partial charge on any atom is -0.489 e. The number of primary amides is 1. The molecule has 5 rings (SSSR count). The zero-order valence-corrected chi connectivity index (χ0v) is 21.5. The van der Waals surface area contributed by atoms with Crippen LogP contribution in [-0.2, 0) is 15.8 Å². The van der Waals surface area contributed by atoms with E-state index in [1.54, 1.807) is 0 Å². The van der Waals surface area contributed by atoms with Crippen molar-refractivity contribution in [3.8, 4) is 17.0 Å². The first-order chi connectivity index (χ1) is 18.7. The van der Waals surface area contributed by atoms with Crippen molar-refractivity contribution in [3.05, 3.63) is 71.2 Å². The predicted molar refractivity (Wildman–Crippen MR) is 138 cm³/mol. The van der Waals surface area contributed by atoms with Gasteiger partial charge in [0.1, 0.15) is 29.3 Å². The number of anilines is 1. The molecule has 0 saturated heterocycles. The molecule has 2 aromatic carbocycles. The van der Waals surface area contributed by atoms with E-state index in [4.69, 9.17) is 16.2 Å². The first-order valence-corrected chi connectivity index (χ1v) is 12.5. The number of nitrogens with zero attached hydrogens (tertiary/aromatic N) is 2. The molecule has 14 heteroatoms. The molecule has 0 fully saturated rings. The van der Waals surface area contributed by atoms with Gasteiger partial charge in [-0.3, -0.25) is 9.59 Å². The maximum Gasteiger partial charge on any atom is 0.424 e. The van der Waals surface area contributed by atoms with Gasteiger partial charge in [0.25, 0.3) is 5.91 Å². The molecule has 0 aliphatic carbocycles. The molecule has 3 heterocycles. The van der Waals surface area contributed by atoms with E-state index >= 15 is 0 Å². The lowest BCUT2D eigenvalue weighted by Gasteiger charge is -2.31. The van der Waals surface area contributed by atoms with E-state index < -0.39 is 47.1 Å². The van der Waals surface area contributed by atoms with Gasteiger partial charge in [-0.25, -0.2) is 14.4 Å². The number of amides is 2. The van der Waals surface area contributed by atoms with E-state index in [1.807, 2.05) is 0 Å². The Bertz CT molecular complexity index is 1660. The number of nitrogens with one attached hydrogen (secondary N) is 1. The molecule has 2 aromatic heterocycles. The number of hydrogen-bond donors (Lipinski definition) is 4. The second-order valence-corrected chi connectivity index (χ2v) is 10.6. The van der Waals surface area contributed by atoms with Crippen LogP contribution in [0.15, 0.2) is 48.5 Å². The van der Waals surface area contributed by atoms with Crippen molar-refractivity contribution in [2.75, 3.05) is 18.9 Å². The number of benzene rings is 2. The lowest BCUT2D eigenvalue weighted by Crippen LogP contribution is -2.51. The molecule has 40 heavy (non-hydrogen) atoms. The van der Waals surface area contributed by atoms with Crippen LogP contribution in [0.1, 0.15) is 28.5 Å². The standard InChI is InChI=1S/C26H21F4N5O4S/c1-24(22(31)37)11-39-20-15(24)9-18(35-19(20)12-2-5-14(27)6-3-12)25(38,26(28,29)30)10-33-21(36)13-4-7-16-17(8-13)40-23(32)34-16/h2-9,38H,10-11H2,1H3,(H2,31,37)(H2,32,34)(H,33,36)/t24-,25?/m0/s1. The number of halogens is 4. The van der Waals surface area contributed by atoms with E-state index in [2.05, 4.69) is 15.3 Å². The van der Waals surface area contributed by atoms with Crippen LogP contribution in [0.4, 0.5) is 22.7 Å². The molecule has 0 spiro atoms. The van der Waals surface area contributed by atoms with Gasteiger partial charge in [0.2, 0.25) is 11.5 Å². The molecule has 0 saturated carbocycles. The number of ether oxygens (including phenoxy) is 1. The van der Waals surface area contributed by atoms with E-state index in [0.29, 0.717) is 10.2 Å². The Morgan fingerprint density at radius 2 is 1.85 bits per heavy atom. The summed E-state index contributed by atoms with van der Waals surface area (Å²) < 4.78 is 63.3. The summed E-state index contributed by atoms with van der Waals surface area (Å²) in [7, 11) is 0.